The minimum absolute atomic E-state index is 0.0368. The molecule has 0 bridgehead atoms. The highest BCUT2D eigenvalue weighted by atomic mass is 31.2. The van der Waals surface area contributed by atoms with Gasteiger partial charge >= 0.3 is 11.9 Å². The molecule has 10 heteroatoms. The van der Waals surface area contributed by atoms with Crippen LogP contribution >= 0.6 is 7.82 Å². The second-order valence-corrected chi connectivity index (χ2v) is 27.0. The molecule has 90 heavy (non-hydrogen) atoms. The van der Waals surface area contributed by atoms with E-state index in [2.05, 4.69) is 148 Å². The number of phosphoric ester groups is 1. The molecule has 0 aromatic rings. The fourth-order valence-corrected chi connectivity index (χ4v) is 10.8. The molecule has 0 rings (SSSR count). The first-order chi connectivity index (χ1) is 44.0. The van der Waals surface area contributed by atoms with Gasteiger partial charge in [-0.15, -0.1) is 0 Å². The molecule has 0 aliphatic carbocycles. The van der Waals surface area contributed by atoms with Crippen LogP contribution in [0.5, 0.6) is 0 Å². The zero-order chi connectivity index (χ0) is 65.5. The van der Waals surface area contributed by atoms with Gasteiger partial charge in [0.25, 0.3) is 7.82 Å². The lowest BCUT2D eigenvalue weighted by Crippen LogP contribution is -2.37. The number of ether oxygens (including phenoxy) is 2. The molecule has 516 valence electrons. The lowest BCUT2D eigenvalue weighted by Gasteiger charge is -2.28. The van der Waals surface area contributed by atoms with E-state index in [0.29, 0.717) is 17.4 Å². The molecule has 0 spiro atoms. The van der Waals surface area contributed by atoms with Crippen LogP contribution in [0.3, 0.4) is 0 Å². The zero-order valence-corrected chi connectivity index (χ0v) is 59.7. The van der Waals surface area contributed by atoms with Crippen molar-refractivity contribution in [2.75, 3.05) is 47.5 Å². The number of carbonyl (C=O) groups is 2. The van der Waals surface area contributed by atoms with E-state index in [0.717, 1.165) is 109 Å². The summed E-state index contributed by atoms with van der Waals surface area (Å²) in [5.74, 6) is -0.836. The van der Waals surface area contributed by atoms with Gasteiger partial charge in [-0.1, -0.05) is 314 Å². The SMILES string of the molecule is CC/C=C\C/C=C\C/C=C\C/C=C\C/C=C\C/C=C\C/C=C\C/C=C\CCCCCCCCCCCCC(=O)OC(COC(=O)CCCCCCCCCCCCCCCCCC/C=C\C/C=C\C/C=C\CCCCCCC)COP(=O)([O-])OCC[N+](C)(C)C. The van der Waals surface area contributed by atoms with E-state index in [1.807, 2.05) is 21.1 Å². The third-order valence-corrected chi connectivity index (χ3v) is 16.6. The van der Waals surface area contributed by atoms with Gasteiger partial charge in [0.15, 0.2) is 6.10 Å². The Hall–Kier alpha value is -3.85. The largest absolute Gasteiger partial charge is 0.756 e. The first-order valence-corrected chi connectivity index (χ1v) is 38.4. The third kappa shape index (κ3) is 73.2. The van der Waals surface area contributed by atoms with E-state index < -0.39 is 26.5 Å². The summed E-state index contributed by atoms with van der Waals surface area (Å²) in [4.78, 5) is 38.1. The number of esters is 2. The average molecular weight is 1270 g/mol. The lowest BCUT2D eigenvalue weighted by molar-refractivity contribution is -0.870. The molecule has 2 unspecified atom stereocenters. The molecule has 0 aromatic heterocycles. The first kappa shape index (κ1) is 86.2. The Balaban J connectivity index is 4.07. The maximum absolute atomic E-state index is 12.9. The van der Waals surface area contributed by atoms with Crippen LogP contribution in [0.2, 0.25) is 0 Å². The molecule has 0 aliphatic heterocycles. The molecule has 0 saturated carbocycles. The fourth-order valence-electron chi connectivity index (χ4n) is 10.0. The Morgan fingerprint density at radius 3 is 0.944 bits per heavy atom. The molecule has 0 saturated heterocycles. The van der Waals surface area contributed by atoms with Crippen LogP contribution in [0.4, 0.5) is 0 Å². The number of rotatable bonds is 67. The molecule has 9 nitrogen and oxygen atoms in total. The average Bonchev–Trinajstić information content (AvgIpc) is 3.61. The first-order valence-electron chi connectivity index (χ1n) is 36.9. The number of carbonyl (C=O) groups excluding carboxylic acids is 2. The highest BCUT2D eigenvalue weighted by Gasteiger charge is 2.22. The van der Waals surface area contributed by atoms with Gasteiger partial charge in [-0.2, -0.15) is 0 Å². The standard InChI is InChI=1S/C80H138NO8P/c1-6-8-10-12-14-16-18-20-22-24-26-28-30-32-34-36-38-39-40-41-43-45-47-49-51-53-55-57-59-61-63-65-67-69-71-73-80(83)89-78(77-88-90(84,85)87-75-74-81(3,4)5)76-86-79(82)72-70-68-66-64-62-60-58-56-54-52-50-48-46-44-42-37-35-33-31-29-27-25-23-21-19-17-15-13-11-9-7-2/h8,10,14,16,19-22,25-28,31-34,38-39,41,43,47,49,78H,6-7,9,11-13,15,17-18,23-24,29-30,35-37,40,42,44-46,48,50-77H2,1-5H3/b10-8-,16-14-,21-19-,22-20-,27-25-,28-26-,33-31-,34-32-,39-38-,43-41-,49-47-. The smallest absolute Gasteiger partial charge is 0.306 e. The van der Waals surface area contributed by atoms with Crippen LogP contribution in [0.15, 0.2) is 134 Å². The number of hydrogen-bond acceptors (Lipinski definition) is 8. The second kappa shape index (κ2) is 69.5. The maximum Gasteiger partial charge on any atom is 0.306 e. The molecule has 0 N–H and O–H groups in total. The van der Waals surface area contributed by atoms with Crippen molar-refractivity contribution in [2.24, 2.45) is 0 Å². The summed E-state index contributed by atoms with van der Waals surface area (Å²) in [7, 11) is 1.16. The number of unbranched alkanes of at least 4 members (excludes halogenated alkanes) is 31. The van der Waals surface area contributed by atoms with Gasteiger partial charge in [0, 0.05) is 12.8 Å². The molecule has 0 heterocycles. The Morgan fingerprint density at radius 1 is 0.356 bits per heavy atom. The van der Waals surface area contributed by atoms with Crippen LogP contribution < -0.4 is 4.89 Å². The van der Waals surface area contributed by atoms with Gasteiger partial charge in [-0.3, -0.25) is 14.2 Å². The quantitative estimate of drug-likeness (QED) is 0.0195. The van der Waals surface area contributed by atoms with Crippen molar-refractivity contribution >= 4 is 19.8 Å². The number of phosphoric acid groups is 1. The Labute approximate surface area is 555 Å². The summed E-state index contributed by atoms with van der Waals surface area (Å²) in [6.45, 7) is 4.13. The maximum atomic E-state index is 12.9. The van der Waals surface area contributed by atoms with Crippen LogP contribution in [-0.4, -0.2) is 70.0 Å². The van der Waals surface area contributed by atoms with E-state index in [4.69, 9.17) is 18.5 Å². The van der Waals surface area contributed by atoms with Crippen LogP contribution in [0.1, 0.15) is 309 Å². The highest BCUT2D eigenvalue weighted by Crippen LogP contribution is 2.38. The zero-order valence-electron chi connectivity index (χ0n) is 58.8. The number of allylic oxidation sites excluding steroid dienone is 22. The van der Waals surface area contributed by atoms with Crippen LogP contribution in [-0.2, 0) is 32.7 Å². The summed E-state index contributed by atoms with van der Waals surface area (Å²) >= 11 is 0. The monoisotopic (exact) mass is 1270 g/mol. The minimum Gasteiger partial charge on any atom is -0.756 e. The van der Waals surface area contributed by atoms with E-state index in [-0.39, 0.29) is 32.0 Å². The lowest BCUT2D eigenvalue weighted by atomic mass is 10.0. The summed E-state index contributed by atoms with van der Waals surface area (Å²) < 4.78 is 34.4. The Kier molecular flexibility index (Phi) is 66.5. The topological polar surface area (TPSA) is 111 Å². The fraction of sp³-hybridized carbons (Fsp3) is 0.700. The van der Waals surface area contributed by atoms with Crippen LogP contribution in [0.25, 0.3) is 0 Å². The normalized spacial score (nSPS) is 13.9. The van der Waals surface area contributed by atoms with Gasteiger partial charge in [0.2, 0.25) is 0 Å². The predicted molar refractivity (Wildman–Crippen MR) is 388 cm³/mol. The summed E-state index contributed by atoms with van der Waals surface area (Å²) in [6, 6.07) is 0. The van der Waals surface area contributed by atoms with Gasteiger partial charge < -0.3 is 27.9 Å². The van der Waals surface area contributed by atoms with E-state index in [9.17, 15) is 19.0 Å². The highest BCUT2D eigenvalue weighted by molar-refractivity contribution is 7.45. The van der Waals surface area contributed by atoms with E-state index in [1.54, 1.807) is 0 Å². The van der Waals surface area contributed by atoms with Gasteiger partial charge in [-0.25, -0.2) is 0 Å². The summed E-state index contributed by atoms with van der Waals surface area (Å²) in [6.07, 6.45) is 101. The molecular weight excluding hydrogens is 1130 g/mol. The van der Waals surface area contributed by atoms with E-state index >= 15 is 0 Å². The van der Waals surface area contributed by atoms with Crippen molar-refractivity contribution in [3.63, 3.8) is 0 Å². The van der Waals surface area contributed by atoms with Crippen molar-refractivity contribution in [3.8, 4) is 0 Å². The van der Waals surface area contributed by atoms with Crippen molar-refractivity contribution in [3.05, 3.63) is 134 Å². The molecule has 0 aliphatic rings. The van der Waals surface area contributed by atoms with Gasteiger partial charge in [0.05, 0.1) is 27.7 Å². The number of hydrogen-bond donors (Lipinski definition) is 0. The van der Waals surface area contributed by atoms with Crippen molar-refractivity contribution in [1.82, 2.24) is 0 Å². The van der Waals surface area contributed by atoms with Crippen LogP contribution in [0, 0.1) is 0 Å². The van der Waals surface area contributed by atoms with Crippen molar-refractivity contribution in [1.29, 1.82) is 0 Å². The number of likely N-dealkylation sites (N-methyl/N-ethyl adjacent to an activating group) is 1. The Morgan fingerprint density at radius 2 is 0.633 bits per heavy atom. The van der Waals surface area contributed by atoms with Gasteiger partial charge in [-0.05, 0) is 116 Å². The summed E-state index contributed by atoms with van der Waals surface area (Å²) in [5, 5.41) is 0. The van der Waals surface area contributed by atoms with Crippen molar-refractivity contribution < 1.29 is 42.1 Å². The number of nitrogens with zero attached hydrogens (tertiary/aromatic N) is 1. The Bertz CT molecular complexity index is 1980. The predicted octanol–water partition coefficient (Wildman–Crippen LogP) is 23.8. The number of quaternary nitrogens is 1. The molecule has 2 atom stereocenters. The molecule has 0 fully saturated rings. The second-order valence-electron chi connectivity index (χ2n) is 25.6. The summed E-state index contributed by atoms with van der Waals surface area (Å²) in [5.41, 5.74) is 0. The minimum atomic E-state index is -4.65. The third-order valence-electron chi connectivity index (χ3n) is 15.7. The van der Waals surface area contributed by atoms with Gasteiger partial charge in [0.1, 0.15) is 19.8 Å². The molecule has 0 amide bonds. The molecule has 0 aromatic carbocycles. The van der Waals surface area contributed by atoms with E-state index in [1.165, 1.54) is 167 Å². The molecule has 0 radical (unpaired) electrons. The molecular formula is C80H138NO8P. The van der Waals surface area contributed by atoms with Crippen molar-refractivity contribution in [2.45, 2.75) is 315 Å².